The van der Waals surface area contributed by atoms with Crippen LogP contribution in [0.3, 0.4) is 0 Å². The maximum atomic E-state index is 12.9. The van der Waals surface area contributed by atoms with Crippen LogP contribution in [0, 0.1) is 0 Å². The summed E-state index contributed by atoms with van der Waals surface area (Å²) < 4.78 is 39.1. The van der Waals surface area contributed by atoms with E-state index in [1.807, 2.05) is 0 Å². The normalized spacial score (nSPS) is 13.4. The van der Waals surface area contributed by atoms with Crippen molar-refractivity contribution >= 4 is 15.9 Å². The molecule has 9 heteroatoms. The minimum Gasteiger partial charge on any atom is -0.454 e. The van der Waals surface area contributed by atoms with Gasteiger partial charge in [-0.15, -0.1) is 0 Å². The van der Waals surface area contributed by atoms with Crippen LogP contribution in [0.15, 0.2) is 35.4 Å². The highest BCUT2D eigenvalue weighted by molar-refractivity contribution is 7.89. The highest BCUT2D eigenvalue weighted by Crippen LogP contribution is 2.33. The number of nitrogens with zero attached hydrogens (tertiary/aromatic N) is 2. The van der Waals surface area contributed by atoms with Gasteiger partial charge < -0.3 is 19.8 Å². The van der Waals surface area contributed by atoms with Crippen molar-refractivity contribution in [3.05, 3.63) is 41.7 Å². The number of fused-ring (bicyclic) bond motifs is 1. The minimum atomic E-state index is -3.77. The number of amides is 1. The van der Waals surface area contributed by atoms with Crippen molar-refractivity contribution in [3.8, 4) is 11.5 Å². The molecule has 2 N–H and O–H groups in total. The van der Waals surface area contributed by atoms with E-state index >= 15 is 0 Å². The van der Waals surface area contributed by atoms with Gasteiger partial charge >= 0.3 is 0 Å². The fraction of sp³-hybridized carbons (Fsp3) is 0.312. The van der Waals surface area contributed by atoms with E-state index < -0.39 is 15.9 Å². The molecular formula is C16H19N3O5S. The van der Waals surface area contributed by atoms with Crippen molar-refractivity contribution in [1.82, 2.24) is 8.87 Å². The van der Waals surface area contributed by atoms with Crippen LogP contribution in [0.5, 0.6) is 11.5 Å². The fourth-order valence-electron chi connectivity index (χ4n) is 2.68. The van der Waals surface area contributed by atoms with E-state index in [1.54, 1.807) is 32.2 Å². The molecule has 0 fully saturated rings. The van der Waals surface area contributed by atoms with E-state index in [2.05, 4.69) is 0 Å². The number of rotatable bonds is 6. The van der Waals surface area contributed by atoms with E-state index in [4.69, 9.17) is 15.2 Å². The summed E-state index contributed by atoms with van der Waals surface area (Å²) in [6.07, 6.45) is 1.39. The number of carbonyl (C=O) groups excluding carboxylic acids is 1. The number of ether oxygens (including phenoxy) is 2. The van der Waals surface area contributed by atoms with Gasteiger partial charge in [0.15, 0.2) is 11.5 Å². The standard InChI is InChI=1S/C16H19N3O5S/c1-3-19(8-11-4-5-14-15(6-11)24-10-23-14)25(21,22)12-7-13(16(17)20)18(2)9-12/h4-7,9H,3,8,10H2,1-2H3,(H2,17,20). The molecule has 1 aliphatic heterocycles. The van der Waals surface area contributed by atoms with Gasteiger partial charge in [-0.05, 0) is 23.8 Å². The Labute approximate surface area is 145 Å². The zero-order valence-corrected chi connectivity index (χ0v) is 14.7. The van der Waals surface area contributed by atoms with Gasteiger partial charge in [-0.3, -0.25) is 4.79 Å². The molecule has 0 atom stereocenters. The first kappa shape index (κ1) is 17.3. The third-order valence-corrected chi connectivity index (χ3v) is 5.90. The molecule has 2 aromatic rings. The van der Waals surface area contributed by atoms with E-state index in [1.165, 1.54) is 21.1 Å². The monoisotopic (exact) mass is 365 g/mol. The zero-order chi connectivity index (χ0) is 18.2. The topological polar surface area (TPSA) is 104 Å². The number of nitrogens with two attached hydrogens (primary N) is 1. The average molecular weight is 365 g/mol. The molecule has 0 radical (unpaired) electrons. The van der Waals surface area contributed by atoms with Gasteiger partial charge in [0.25, 0.3) is 5.91 Å². The Morgan fingerprint density at radius 1 is 1.28 bits per heavy atom. The highest BCUT2D eigenvalue weighted by Gasteiger charge is 2.26. The van der Waals surface area contributed by atoms with Crippen molar-refractivity contribution < 1.29 is 22.7 Å². The second kappa shape index (κ2) is 6.41. The Hall–Kier alpha value is -2.52. The molecule has 0 spiro atoms. The average Bonchev–Trinajstić information content (AvgIpc) is 3.18. The number of aromatic nitrogens is 1. The maximum absolute atomic E-state index is 12.9. The first-order chi connectivity index (χ1) is 11.8. The van der Waals surface area contributed by atoms with Crippen molar-refractivity contribution in [2.75, 3.05) is 13.3 Å². The summed E-state index contributed by atoms with van der Waals surface area (Å²) in [4.78, 5) is 11.4. The molecule has 25 heavy (non-hydrogen) atoms. The summed E-state index contributed by atoms with van der Waals surface area (Å²) in [5, 5.41) is 0. The molecule has 0 bridgehead atoms. The van der Waals surface area contributed by atoms with Gasteiger partial charge in [-0.2, -0.15) is 4.31 Å². The highest BCUT2D eigenvalue weighted by atomic mass is 32.2. The Bertz CT molecular complexity index is 920. The van der Waals surface area contributed by atoms with Crippen LogP contribution < -0.4 is 15.2 Å². The second-order valence-electron chi connectivity index (χ2n) is 5.66. The zero-order valence-electron chi connectivity index (χ0n) is 13.9. The summed E-state index contributed by atoms with van der Waals surface area (Å²) in [6, 6.07) is 6.61. The molecular weight excluding hydrogens is 346 g/mol. The van der Waals surface area contributed by atoms with E-state index in [-0.39, 0.29) is 30.5 Å². The first-order valence-corrected chi connectivity index (χ1v) is 9.11. The predicted octanol–water partition coefficient (Wildman–Crippen LogP) is 1.06. The van der Waals surface area contributed by atoms with E-state index in [0.29, 0.717) is 11.5 Å². The summed E-state index contributed by atoms with van der Waals surface area (Å²) in [5.41, 5.74) is 6.18. The van der Waals surface area contributed by atoms with Gasteiger partial charge in [-0.25, -0.2) is 8.42 Å². The van der Waals surface area contributed by atoms with Crippen molar-refractivity contribution in [2.45, 2.75) is 18.4 Å². The second-order valence-corrected chi connectivity index (χ2v) is 7.59. The lowest BCUT2D eigenvalue weighted by Gasteiger charge is -2.20. The SMILES string of the molecule is CCN(Cc1ccc2c(c1)OCO2)S(=O)(=O)c1cc(C(N)=O)n(C)c1. The minimum absolute atomic E-state index is 0.0337. The van der Waals surface area contributed by atoms with Gasteiger partial charge in [0.1, 0.15) is 10.6 Å². The van der Waals surface area contributed by atoms with Crippen LogP contribution in [-0.2, 0) is 23.6 Å². The predicted molar refractivity (Wildman–Crippen MR) is 89.8 cm³/mol. The lowest BCUT2D eigenvalue weighted by molar-refractivity contribution is 0.0992. The molecule has 0 saturated heterocycles. The number of hydrogen-bond acceptors (Lipinski definition) is 5. The molecule has 0 saturated carbocycles. The molecule has 2 heterocycles. The summed E-state index contributed by atoms with van der Waals surface area (Å²) in [6.45, 7) is 2.37. The Kier molecular flexibility index (Phi) is 4.44. The van der Waals surface area contributed by atoms with Crippen LogP contribution in [0.1, 0.15) is 23.0 Å². The number of sulfonamides is 1. The van der Waals surface area contributed by atoms with E-state index in [0.717, 1.165) is 5.56 Å². The third-order valence-electron chi connectivity index (χ3n) is 4.02. The lowest BCUT2D eigenvalue weighted by Crippen LogP contribution is -2.30. The van der Waals surface area contributed by atoms with Crippen LogP contribution in [0.4, 0.5) is 0 Å². The van der Waals surface area contributed by atoms with Gasteiger partial charge in [-0.1, -0.05) is 13.0 Å². The Balaban J connectivity index is 1.89. The number of benzene rings is 1. The van der Waals surface area contributed by atoms with E-state index in [9.17, 15) is 13.2 Å². The Morgan fingerprint density at radius 3 is 2.64 bits per heavy atom. The molecule has 3 rings (SSSR count). The maximum Gasteiger partial charge on any atom is 0.265 e. The van der Waals surface area contributed by atoms with Gasteiger partial charge in [0.2, 0.25) is 16.8 Å². The molecule has 8 nitrogen and oxygen atoms in total. The van der Waals surface area contributed by atoms with Crippen LogP contribution in [-0.4, -0.2) is 36.5 Å². The lowest BCUT2D eigenvalue weighted by atomic mass is 10.2. The summed E-state index contributed by atoms with van der Waals surface area (Å²) in [7, 11) is -2.19. The first-order valence-electron chi connectivity index (χ1n) is 7.67. The van der Waals surface area contributed by atoms with Crippen molar-refractivity contribution in [3.63, 3.8) is 0 Å². The van der Waals surface area contributed by atoms with Gasteiger partial charge in [0.05, 0.1) is 0 Å². The van der Waals surface area contributed by atoms with Crippen molar-refractivity contribution in [2.24, 2.45) is 12.8 Å². The van der Waals surface area contributed by atoms with Crippen LogP contribution in [0.25, 0.3) is 0 Å². The molecule has 1 amide bonds. The number of primary amides is 1. The smallest absolute Gasteiger partial charge is 0.265 e. The number of aryl methyl sites for hydroxylation is 1. The molecule has 1 aromatic carbocycles. The summed E-state index contributed by atoms with van der Waals surface area (Å²) in [5.74, 6) is 0.563. The molecule has 1 aromatic heterocycles. The summed E-state index contributed by atoms with van der Waals surface area (Å²) >= 11 is 0. The van der Waals surface area contributed by atoms with Crippen LogP contribution in [0.2, 0.25) is 0 Å². The molecule has 0 unspecified atom stereocenters. The molecule has 134 valence electrons. The third kappa shape index (κ3) is 3.20. The van der Waals surface area contributed by atoms with Crippen LogP contribution >= 0.6 is 0 Å². The van der Waals surface area contributed by atoms with Gasteiger partial charge in [0, 0.05) is 26.3 Å². The Morgan fingerprint density at radius 2 is 2.00 bits per heavy atom. The van der Waals surface area contributed by atoms with Crippen molar-refractivity contribution in [1.29, 1.82) is 0 Å². The number of carbonyl (C=O) groups is 1. The largest absolute Gasteiger partial charge is 0.454 e. The molecule has 0 aliphatic carbocycles. The molecule has 1 aliphatic rings. The fourth-order valence-corrected chi connectivity index (χ4v) is 4.19. The quantitative estimate of drug-likeness (QED) is 0.824. The number of hydrogen-bond donors (Lipinski definition) is 1.